The minimum absolute atomic E-state index is 0.362. The summed E-state index contributed by atoms with van der Waals surface area (Å²) in [6, 6.07) is 10.3. The van der Waals surface area contributed by atoms with Crippen molar-refractivity contribution < 1.29 is 0 Å². The van der Waals surface area contributed by atoms with Gasteiger partial charge in [0.2, 0.25) is 0 Å². The normalized spacial score (nSPS) is 11.1. The lowest BCUT2D eigenvalue weighted by Gasteiger charge is -2.19. The Labute approximate surface area is 120 Å². The minimum Gasteiger partial charge on any atom is -0.313 e. The Kier molecular flexibility index (Phi) is 5.14. The van der Waals surface area contributed by atoms with Crippen molar-refractivity contribution in [3.8, 4) is 6.07 Å². The number of rotatable bonds is 7. The summed E-state index contributed by atoms with van der Waals surface area (Å²) in [5.74, 6) is 0.991. The molecule has 0 aliphatic carbocycles. The van der Waals surface area contributed by atoms with E-state index in [4.69, 9.17) is 10.2 Å². The van der Waals surface area contributed by atoms with Crippen LogP contribution < -0.4 is 0 Å². The Hall–Kier alpha value is -1.86. The highest BCUT2D eigenvalue weighted by Crippen LogP contribution is 2.17. The SMILES string of the molecule is CCCCN(CC)Cc1nc2ccccc2n1CC#N. The predicted molar refractivity (Wildman–Crippen MR) is 81.2 cm³/mol. The van der Waals surface area contributed by atoms with Crippen LogP contribution in [0, 0.1) is 11.3 Å². The van der Waals surface area contributed by atoms with Crippen LogP contribution in [0.2, 0.25) is 0 Å². The smallest absolute Gasteiger partial charge is 0.125 e. The lowest BCUT2D eigenvalue weighted by molar-refractivity contribution is 0.266. The summed E-state index contributed by atoms with van der Waals surface area (Å²) in [6.07, 6.45) is 2.40. The maximum atomic E-state index is 9.04. The molecule has 20 heavy (non-hydrogen) atoms. The molecule has 0 saturated carbocycles. The van der Waals surface area contributed by atoms with Gasteiger partial charge in [0.05, 0.1) is 23.6 Å². The topological polar surface area (TPSA) is 44.9 Å². The molecule has 1 aromatic heterocycles. The van der Waals surface area contributed by atoms with E-state index in [1.54, 1.807) is 0 Å². The highest BCUT2D eigenvalue weighted by molar-refractivity contribution is 5.75. The maximum absolute atomic E-state index is 9.04. The number of hydrogen-bond donors (Lipinski definition) is 0. The van der Waals surface area contributed by atoms with Crippen LogP contribution in [0.5, 0.6) is 0 Å². The van der Waals surface area contributed by atoms with E-state index >= 15 is 0 Å². The second-order valence-electron chi connectivity index (χ2n) is 4.98. The molecule has 0 radical (unpaired) electrons. The quantitative estimate of drug-likeness (QED) is 0.776. The summed E-state index contributed by atoms with van der Waals surface area (Å²) >= 11 is 0. The fourth-order valence-electron chi connectivity index (χ4n) is 2.42. The van der Waals surface area contributed by atoms with Crippen molar-refractivity contribution in [2.75, 3.05) is 13.1 Å². The van der Waals surface area contributed by atoms with Gasteiger partial charge in [0.25, 0.3) is 0 Å². The maximum Gasteiger partial charge on any atom is 0.125 e. The third-order valence-corrected chi connectivity index (χ3v) is 3.60. The number of nitriles is 1. The van der Waals surface area contributed by atoms with Crippen molar-refractivity contribution in [1.82, 2.24) is 14.5 Å². The Morgan fingerprint density at radius 2 is 2.10 bits per heavy atom. The van der Waals surface area contributed by atoms with Crippen LogP contribution in [0.15, 0.2) is 24.3 Å². The van der Waals surface area contributed by atoms with E-state index in [0.717, 1.165) is 36.5 Å². The summed E-state index contributed by atoms with van der Waals surface area (Å²) in [4.78, 5) is 7.08. The Morgan fingerprint density at radius 3 is 2.80 bits per heavy atom. The largest absolute Gasteiger partial charge is 0.313 e. The van der Waals surface area contributed by atoms with E-state index in [1.165, 1.54) is 12.8 Å². The lowest BCUT2D eigenvalue weighted by atomic mass is 10.3. The minimum atomic E-state index is 0.362. The zero-order chi connectivity index (χ0) is 14.4. The molecule has 2 aromatic rings. The number of aromatic nitrogens is 2. The molecule has 2 rings (SSSR count). The van der Waals surface area contributed by atoms with E-state index in [0.29, 0.717) is 6.54 Å². The molecule has 0 aliphatic rings. The van der Waals surface area contributed by atoms with Gasteiger partial charge in [-0.1, -0.05) is 32.4 Å². The molecule has 1 aromatic carbocycles. The zero-order valence-electron chi connectivity index (χ0n) is 12.3. The lowest BCUT2D eigenvalue weighted by Crippen LogP contribution is -2.25. The molecular weight excluding hydrogens is 248 g/mol. The van der Waals surface area contributed by atoms with Crippen molar-refractivity contribution in [2.24, 2.45) is 0 Å². The molecule has 0 saturated heterocycles. The van der Waals surface area contributed by atoms with Gasteiger partial charge in [0.1, 0.15) is 12.4 Å². The van der Waals surface area contributed by atoms with Crippen molar-refractivity contribution in [3.63, 3.8) is 0 Å². The predicted octanol–water partition coefficient (Wildman–Crippen LogP) is 3.18. The van der Waals surface area contributed by atoms with Gasteiger partial charge in [-0.2, -0.15) is 5.26 Å². The molecule has 0 bridgehead atoms. The first kappa shape index (κ1) is 14.5. The van der Waals surface area contributed by atoms with E-state index in [1.807, 2.05) is 28.8 Å². The number of benzene rings is 1. The molecule has 0 amide bonds. The van der Waals surface area contributed by atoms with E-state index in [2.05, 4.69) is 24.8 Å². The summed E-state index contributed by atoms with van der Waals surface area (Å²) in [6.45, 7) is 7.65. The number of nitrogens with zero attached hydrogens (tertiary/aromatic N) is 4. The number of imidazole rings is 1. The van der Waals surface area contributed by atoms with Crippen molar-refractivity contribution in [1.29, 1.82) is 5.26 Å². The van der Waals surface area contributed by atoms with Crippen LogP contribution >= 0.6 is 0 Å². The number of fused-ring (bicyclic) bond motifs is 1. The monoisotopic (exact) mass is 270 g/mol. The second-order valence-corrected chi connectivity index (χ2v) is 4.98. The third-order valence-electron chi connectivity index (χ3n) is 3.60. The van der Waals surface area contributed by atoms with Crippen LogP contribution in [0.4, 0.5) is 0 Å². The van der Waals surface area contributed by atoms with Gasteiger partial charge in [0.15, 0.2) is 0 Å². The molecule has 4 heteroatoms. The summed E-state index contributed by atoms with van der Waals surface area (Å²) in [5.41, 5.74) is 2.03. The second kappa shape index (κ2) is 7.06. The standard InChI is InChI=1S/C16H22N4/c1-3-5-11-19(4-2)13-16-18-14-8-6-7-9-15(14)20(16)12-10-17/h6-9H,3-5,11-13H2,1-2H3. The fourth-order valence-corrected chi connectivity index (χ4v) is 2.42. The van der Waals surface area contributed by atoms with Crippen molar-refractivity contribution in [3.05, 3.63) is 30.1 Å². The molecule has 0 unspecified atom stereocenters. The third kappa shape index (κ3) is 3.17. The van der Waals surface area contributed by atoms with Crippen LogP contribution in [-0.2, 0) is 13.1 Å². The highest BCUT2D eigenvalue weighted by Gasteiger charge is 2.12. The van der Waals surface area contributed by atoms with Gasteiger partial charge in [-0.05, 0) is 31.6 Å². The average molecular weight is 270 g/mol. The van der Waals surface area contributed by atoms with Crippen LogP contribution in [0.1, 0.15) is 32.5 Å². The molecule has 4 nitrogen and oxygen atoms in total. The van der Waals surface area contributed by atoms with E-state index in [-0.39, 0.29) is 0 Å². The van der Waals surface area contributed by atoms with Crippen LogP contribution in [0.25, 0.3) is 11.0 Å². The van der Waals surface area contributed by atoms with Gasteiger partial charge in [-0.25, -0.2) is 4.98 Å². The molecule has 0 atom stereocenters. The van der Waals surface area contributed by atoms with Crippen LogP contribution in [-0.4, -0.2) is 27.5 Å². The number of para-hydroxylation sites is 2. The van der Waals surface area contributed by atoms with Gasteiger partial charge in [-0.15, -0.1) is 0 Å². The first-order chi connectivity index (χ1) is 9.80. The van der Waals surface area contributed by atoms with Gasteiger partial charge < -0.3 is 4.57 Å². The first-order valence-electron chi connectivity index (χ1n) is 7.33. The average Bonchev–Trinajstić information content (AvgIpc) is 2.82. The van der Waals surface area contributed by atoms with E-state index in [9.17, 15) is 0 Å². The van der Waals surface area contributed by atoms with E-state index < -0.39 is 0 Å². The van der Waals surface area contributed by atoms with Crippen molar-refractivity contribution in [2.45, 2.75) is 39.8 Å². The molecule has 0 N–H and O–H groups in total. The van der Waals surface area contributed by atoms with Crippen molar-refractivity contribution >= 4 is 11.0 Å². The number of hydrogen-bond acceptors (Lipinski definition) is 3. The molecule has 0 spiro atoms. The summed E-state index contributed by atoms with van der Waals surface area (Å²) < 4.78 is 2.03. The Morgan fingerprint density at radius 1 is 1.30 bits per heavy atom. The van der Waals surface area contributed by atoms with Gasteiger partial charge >= 0.3 is 0 Å². The van der Waals surface area contributed by atoms with Gasteiger partial charge in [-0.3, -0.25) is 4.90 Å². The highest BCUT2D eigenvalue weighted by atomic mass is 15.2. The zero-order valence-corrected chi connectivity index (χ0v) is 12.3. The molecule has 106 valence electrons. The Bertz CT molecular complexity index is 594. The summed E-state index contributed by atoms with van der Waals surface area (Å²) in [7, 11) is 0. The molecule has 1 heterocycles. The fraction of sp³-hybridized carbons (Fsp3) is 0.500. The Balaban J connectivity index is 2.28. The summed E-state index contributed by atoms with van der Waals surface area (Å²) in [5, 5.41) is 9.04. The van der Waals surface area contributed by atoms with Crippen LogP contribution in [0.3, 0.4) is 0 Å². The molecule has 0 fully saturated rings. The molecular formula is C16H22N4. The first-order valence-corrected chi connectivity index (χ1v) is 7.33. The van der Waals surface area contributed by atoms with Gasteiger partial charge in [0, 0.05) is 0 Å². The number of unbranched alkanes of at least 4 members (excludes halogenated alkanes) is 1. The molecule has 0 aliphatic heterocycles.